The number of carbonyl (C=O) groups is 1. The fourth-order valence-corrected chi connectivity index (χ4v) is 2.42. The highest BCUT2D eigenvalue weighted by Crippen LogP contribution is 2.24. The standard InChI is InChI=1S/C18H20F2N2O3.O2S/c1-11-8-12(4-5-14(11)19)13-9-16(23)22(10-15(13)20)7-6-18(2,3)17(24)21-25;1-3-2/h4-5,8-10,25H,6-7H2,1-3H3,(H,21,24);. The molecule has 28 heavy (non-hydrogen) atoms. The minimum absolute atomic E-state index is 0.0942. The van der Waals surface area contributed by atoms with Crippen LogP contribution in [0.3, 0.4) is 0 Å². The number of benzene rings is 1. The monoisotopic (exact) mass is 414 g/mol. The first-order valence-corrected chi connectivity index (χ1v) is 8.77. The lowest BCUT2D eigenvalue weighted by Gasteiger charge is -2.22. The lowest BCUT2D eigenvalue weighted by atomic mass is 9.88. The molecule has 1 aromatic carbocycles. The molecule has 1 amide bonds. The number of aromatic nitrogens is 1. The van der Waals surface area contributed by atoms with Gasteiger partial charge in [0, 0.05) is 29.8 Å². The number of hydrogen-bond donors (Lipinski definition) is 2. The molecular weight excluding hydrogens is 394 g/mol. The van der Waals surface area contributed by atoms with E-state index in [4.69, 9.17) is 13.6 Å². The molecule has 0 aliphatic carbocycles. The van der Waals surface area contributed by atoms with Crippen molar-refractivity contribution in [3.8, 4) is 11.1 Å². The Kier molecular flexibility index (Phi) is 8.33. The average Bonchev–Trinajstić information content (AvgIpc) is 2.64. The van der Waals surface area contributed by atoms with E-state index in [1.165, 1.54) is 22.8 Å². The molecule has 0 fully saturated rings. The summed E-state index contributed by atoms with van der Waals surface area (Å²) in [6.07, 6.45) is 1.30. The number of carbonyl (C=O) groups excluding carboxylic acids is 1. The number of pyridine rings is 1. The highest BCUT2D eigenvalue weighted by atomic mass is 32.1. The summed E-state index contributed by atoms with van der Waals surface area (Å²) >= 11 is -0.750. The molecule has 1 aromatic heterocycles. The summed E-state index contributed by atoms with van der Waals surface area (Å²) in [5.41, 5.74) is 1.10. The van der Waals surface area contributed by atoms with Crippen LogP contribution in [0.15, 0.2) is 35.3 Å². The molecule has 152 valence electrons. The summed E-state index contributed by atoms with van der Waals surface area (Å²) < 4.78 is 45.5. The maximum atomic E-state index is 14.4. The molecular formula is C18H20F2N2O5S. The van der Waals surface area contributed by atoms with Crippen molar-refractivity contribution in [3.05, 3.63) is 58.0 Å². The number of halogens is 2. The van der Waals surface area contributed by atoms with Crippen LogP contribution in [0.2, 0.25) is 0 Å². The van der Waals surface area contributed by atoms with Crippen LogP contribution >= 0.6 is 0 Å². The molecule has 0 spiro atoms. The van der Waals surface area contributed by atoms with Gasteiger partial charge in [0.2, 0.25) is 5.91 Å². The van der Waals surface area contributed by atoms with Gasteiger partial charge in [-0.1, -0.05) is 19.9 Å². The van der Waals surface area contributed by atoms with Crippen molar-refractivity contribution >= 4 is 17.5 Å². The molecule has 0 aliphatic heterocycles. The molecule has 0 unspecified atom stereocenters. The second-order valence-corrected chi connectivity index (χ2v) is 6.81. The highest BCUT2D eigenvalue weighted by molar-refractivity contribution is 7.51. The largest absolute Gasteiger partial charge is 0.335 e. The Morgan fingerprint density at radius 2 is 1.82 bits per heavy atom. The zero-order chi connectivity index (χ0) is 21.5. The predicted molar refractivity (Wildman–Crippen MR) is 98.0 cm³/mol. The average molecular weight is 414 g/mol. The van der Waals surface area contributed by atoms with Crippen molar-refractivity contribution in [2.24, 2.45) is 5.41 Å². The second-order valence-electron chi connectivity index (χ2n) is 6.67. The maximum Gasteiger partial charge on any atom is 0.335 e. The van der Waals surface area contributed by atoms with Crippen LogP contribution in [0.4, 0.5) is 8.78 Å². The smallest absolute Gasteiger partial charge is 0.313 e. The zero-order valence-electron chi connectivity index (χ0n) is 15.5. The van der Waals surface area contributed by atoms with Gasteiger partial charge >= 0.3 is 11.6 Å². The van der Waals surface area contributed by atoms with Crippen LogP contribution in [0, 0.1) is 24.0 Å². The van der Waals surface area contributed by atoms with E-state index in [9.17, 15) is 18.4 Å². The normalized spacial score (nSPS) is 10.6. The van der Waals surface area contributed by atoms with Gasteiger partial charge in [-0.3, -0.25) is 14.8 Å². The van der Waals surface area contributed by atoms with Gasteiger partial charge in [-0.05, 0) is 36.6 Å². The minimum Gasteiger partial charge on any atom is -0.313 e. The van der Waals surface area contributed by atoms with E-state index in [1.807, 2.05) is 0 Å². The van der Waals surface area contributed by atoms with E-state index in [0.29, 0.717) is 11.1 Å². The van der Waals surface area contributed by atoms with Crippen molar-refractivity contribution in [2.45, 2.75) is 33.7 Å². The van der Waals surface area contributed by atoms with Gasteiger partial charge in [0.1, 0.15) is 11.6 Å². The van der Waals surface area contributed by atoms with Crippen LogP contribution in [-0.2, 0) is 22.9 Å². The van der Waals surface area contributed by atoms with Gasteiger partial charge in [-0.15, -0.1) is 0 Å². The van der Waals surface area contributed by atoms with Gasteiger partial charge in [0.25, 0.3) is 5.56 Å². The molecule has 2 aromatic rings. The Hall–Kier alpha value is -2.72. The van der Waals surface area contributed by atoms with Gasteiger partial charge in [0.15, 0.2) is 0 Å². The summed E-state index contributed by atoms with van der Waals surface area (Å²) in [7, 11) is 0. The fourth-order valence-electron chi connectivity index (χ4n) is 2.42. The topological polar surface area (TPSA) is 105 Å². The number of hydroxylamine groups is 1. The molecule has 1 heterocycles. The third-order valence-corrected chi connectivity index (χ3v) is 4.24. The lowest BCUT2D eigenvalue weighted by molar-refractivity contribution is -0.138. The molecule has 0 atom stereocenters. The van der Waals surface area contributed by atoms with Crippen LogP contribution < -0.4 is 11.0 Å². The first-order valence-electron chi connectivity index (χ1n) is 8.10. The number of nitrogens with one attached hydrogen (secondary N) is 1. The zero-order valence-corrected chi connectivity index (χ0v) is 16.3. The number of rotatable bonds is 5. The molecule has 0 saturated heterocycles. The molecule has 2 rings (SSSR count). The molecule has 0 saturated carbocycles. The SMILES string of the molecule is Cc1cc(-c2cc(=O)n(CCC(C)(C)C(=O)NO)cc2F)ccc1F.O=S=O. The maximum absolute atomic E-state index is 14.4. The van der Waals surface area contributed by atoms with E-state index < -0.39 is 40.1 Å². The van der Waals surface area contributed by atoms with Gasteiger partial charge in [-0.25, -0.2) is 14.3 Å². The first kappa shape index (κ1) is 23.3. The van der Waals surface area contributed by atoms with Crippen molar-refractivity contribution in [2.75, 3.05) is 0 Å². The lowest BCUT2D eigenvalue weighted by Crippen LogP contribution is -2.36. The number of hydrogen-bond acceptors (Lipinski definition) is 5. The Balaban J connectivity index is 0.00000122. The summed E-state index contributed by atoms with van der Waals surface area (Å²) in [4.78, 5) is 23.8. The van der Waals surface area contributed by atoms with Crippen molar-refractivity contribution in [1.82, 2.24) is 10.0 Å². The van der Waals surface area contributed by atoms with E-state index in [2.05, 4.69) is 0 Å². The summed E-state index contributed by atoms with van der Waals surface area (Å²) in [6.45, 7) is 4.89. The third-order valence-electron chi connectivity index (χ3n) is 4.24. The number of aryl methyl sites for hydroxylation is 2. The number of amides is 1. The molecule has 0 radical (unpaired) electrons. The molecule has 0 aliphatic rings. The van der Waals surface area contributed by atoms with E-state index in [0.717, 1.165) is 12.3 Å². The van der Waals surface area contributed by atoms with Crippen LogP contribution in [-0.4, -0.2) is 24.1 Å². The summed E-state index contributed by atoms with van der Waals surface area (Å²) in [6, 6.07) is 5.28. The quantitative estimate of drug-likeness (QED) is 0.577. The van der Waals surface area contributed by atoms with E-state index in [1.54, 1.807) is 26.3 Å². The van der Waals surface area contributed by atoms with Crippen molar-refractivity contribution < 1.29 is 27.2 Å². The van der Waals surface area contributed by atoms with Gasteiger partial charge < -0.3 is 4.57 Å². The minimum atomic E-state index is -0.919. The molecule has 0 bridgehead atoms. The fraction of sp³-hybridized carbons (Fsp3) is 0.333. The molecule has 10 heteroatoms. The predicted octanol–water partition coefficient (Wildman–Crippen LogP) is 2.35. The Bertz CT molecular complexity index is 953. The number of nitrogens with zero attached hydrogens (tertiary/aromatic N) is 1. The van der Waals surface area contributed by atoms with Crippen molar-refractivity contribution in [3.63, 3.8) is 0 Å². The Morgan fingerprint density at radius 1 is 1.21 bits per heavy atom. The van der Waals surface area contributed by atoms with E-state index >= 15 is 0 Å². The first-order chi connectivity index (χ1) is 13.1. The summed E-state index contributed by atoms with van der Waals surface area (Å²) in [5.74, 6) is -1.60. The Labute approximate surface area is 163 Å². The van der Waals surface area contributed by atoms with Gasteiger partial charge in [-0.2, -0.15) is 8.42 Å². The van der Waals surface area contributed by atoms with Crippen LogP contribution in [0.25, 0.3) is 11.1 Å². The summed E-state index contributed by atoms with van der Waals surface area (Å²) in [5, 5.41) is 8.72. The van der Waals surface area contributed by atoms with E-state index in [-0.39, 0.29) is 18.5 Å². The second kappa shape index (κ2) is 10.00. The third kappa shape index (κ3) is 5.89. The van der Waals surface area contributed by atoms with Crippen LogP contribution in [0.5, 0.6) is 0 Å². The van der Waals surface area contributed by atoms with Gasteiger partial charge in [0.05, 0.1) is 0 Å². The van der Waals surface area contributed by atoms with Crippen LogP contribution in [0.1, 0.15) is 25.8 Å². The Morgan fingerprint density at radius 3 is 2.36 bits per heavy atom. The van der Waals surface area contributed by atoms with Crippen molar-refractivity contribution in [1.29, 1.82) is 0 Å². The molecule has 2 N–H and O–H groups in total. The highest BCUT2D eigenvalue weighted by Gasteiger charge is 2.27. The molecule has 7 nitrogen and oxygen atoms in total.